The lowest BCUT2D eigenvalue weighted by Crippen LogP contribution is -2.64. The van der Waals surface area contributed by atoms with Gasteiger partial charge in [0.2, 0.25) is 11.8 Å². The van der Waals surface area contributed by atoms with Gasteiger partial charge in [0.1, 0.15) is 55.6 Å². The molecule has 75 heavy (non-hydrogen) atoms. The molecule has 19 atom stereocenters. The summed E-state index contributed by atoms with van der Waals surface area (Å²) in [5.41, 5.74) is 12.8. The minimum absolute atomic E-state index is 0.0211. The van der Waals surface area contributed by atoms with Gasteiger partial charge in [0.15, 0.2) is 0 Å². The number of phenolic OH excluding ortho intramolecular Hbond substituents is 1. The average Bonchev–Trinajstić information content (AvgIpc) is 4.03. The van der Waals surface area contributed by atoms with Gasteiger partial charge in [-0.15, -0.1) is 0 Å². The van der Waals surface area contributed by atoms with Gasteiger partial charge in [0.05, 0.1) is 42.3 Å². The van der Waals surface area contributed by atoms with E-state index in [1.807, 2.05) is 70.0 Å². The van der Waals surface area contributed by atoms with Gasteiger partial charge in [-0.2, -0.15) is 0 Å². The van der Waals surface area contributed by atoms with Crippen LogP contribution in [0.25, 0.3) is 0 Å². The predicted molar refractivity (Wildman–Crippen MR) is 291 cm³/mol. The van der Waals surface area contributed by atoms with Crippen molar-refractivity contribution in [2.24, 2.45) is 35.1 Å². The van der Waals surface area contributed by atoms with E-state index in [1.54, 1.807) is 12.1 Å². The Hall–Kier alpha value is -2.96. The summed E-state index contributed by atoms with van der Waals surface area (Å²) in [7, 11) is 2.85. The minimum Gasteiger partial charge on any atom is -0.508 e. The van der Waals surface area contributed by atoms with Crippen LogP contribution in [0.5, 0.6) is 5.75 Å². The number of benzene rings is 1. The highest BCUT2D eigenvalue weighted by molar-refractivity contribution is 8.76. The molecule has 5 rings (SSSR count). The minimum atomic E-state index is -1.49. The van der Waals surface area contributed by atoms with E-state index in [-0.39, 0.29) is 73.4 Å². The molecule has 2 saturated heterocycles. The molecule has 1 aromatic carbocycles. The number of phenols is 1. The summed E-state index contributed by atoms with van der Waals surface area (Å²) in [6.07, 6.45) is 2.15. The predicted octanol–water partition coefficient (Wildman–Crippen LogP) is -1.85. The topological polar surface area (TPSA) is 368 Å². The molecule has 0 aromatic heterocycles. The second kappa shape index (κ2) is 31.0. The summed E-state index contributed by atoms with van der Waals surface area (Å²) in [5.74, 6) is -1.30. The molecule has 21 N–H and O–H groups in total. The van der Waals surface area contributed by atoms with Crippen LogP contribution in [-0.2, 0) is 16.0 Å². The Morgan fingerprint density at radius 1 is 0.880 bits per heavy atom. The molecule has 0 saturated carbocycles. The molecule has 1 aromatic rings. The maximum absolute atomic E-state index is 14.8. The van der Waals surface area contributed by atoms with Crippen molar-refractivity contribution in [3.8, 4) is 5.75 Å². The molecule has 0 spiro atoms. The van der Waals surface area contributed by atoms with Crippen LogP contribution in [0.2, 0.25) is 0 Å². The number of amides is 2. The third-order valence-corrected chi connectivity index (χ3v) is 17.3. The monoisotopic (exact) mass is 1100 g/mol. The zero-order valence-corrected chi connectivity index (χ0v) is 45.6. The van der Waals surface area contributed by atoms with E-state index >= 15 is 0 Å². The molecular weight excluding hydrogens is 1010 g/mol. The lowest BCUT2D eigenvalue weighted by molar-refractivity contribution is -0.127. The Labute approximate surface area is 450 Å². The number of hydrogen-bond donors (Lipinski definition) is 19. The number of aromatic hydroxyl groups is 1. The quantitative estimate of drug-likeness (QED) is 0.0503. The number of allylic oxidation sites excluding steroid dienone is 2. The van der Waals surface area contributed by atoms with Crippen LogP contribution < -0.4 is 54.0 Å². The number of fused-ring (bicyclic) bond motifs is 2. The molecule has 2 amide bonds. The van der Waals surface area contributed by atoms with Crippen LogP contribution >= 0.6 is 21.6 Å². The summed E-state index contributed by atoms with van der Waals surface area (Å²) in [5, 5.41) is 127. The first-order valence-electron chi connectivity index (χ1n) is 26.6. The van der Waals surface area contributed by atoms with E-state index in [0.29, 0.717) is 31.6 Å². The van der Waals surface area contributed by atoms with Gasteiger partial charge in [-0.1, -0.05) is 99.1 Å². The van der Waals surface area contributed by atoms with Gasteiger partial charge < -0.3 is 68.1 Å². The lowest BCUT2D eigenvalue weighted by Gasteiger charge is -2.38. The molecule has 3 heterocycles. The molecule has 426 valence electrons. The Kier molecular flexibility index (Phi) is 26.0. The van der Waals surface area contributed by atoms with E-state index in [0.717, 1.165) is 17.6 Å². The fraction of sp³-hybridized carbons (Fsp3) is 0.725. The van der Waals surface area contributed by atoms with Gasteiger partial charge in [-0.3, -0.25) is 46.4 Å². The number of aliphatic hydroxyl groups excluding tert-OH is 8. The third kappa shape index (κ3) is 19.4. The van der Waals surface area contributed by atoms with Crippen molar-refractivity contribution >= 4 is 33.4 Å². The largest absolute Gasteiger partial charge is 0.508 e. The Morgan fingerprint density at radius 2 is 1.59 bits per heavy atom. The van der Waals surface area contributed by atoms with Gasteiger partial charge >= 0.3 is 0 Å². The van der Waals surface area contributed by atoms with Crippen LogP contribution in [0.1, 0.15) is 85.1 Å². The van der Waals surface area contributed by atoms with E-state index < -0.39 is 104 Å². The first-order valence-corrected chi connectivity index (χ1v) is 29.1. The highest BCUT2D eigenvalue weighted by Gasteiger charge is 2.40. The van der Waals surface area contributed by atoms with E-state index in [2.05, 4.69) is 42.5 Å². The average molecular weight is 1100 g/mol. The molecule has 3 unspecified atom stereocenters. The van der Waals surface area contributed by atoms with Gasteiger partial charge in [-0.25, -0.2) is 0 Å². The fourth-order valence-corrected chi connectivity index (χ4v) is 12.8. The summed E-state index contributed by atoms with van der Waals surface area (Å²) >= 11 is 0. The molecule has 0 radical (unpaired) electrons. The zero-order valence-electron chi connectivity index (χ0n) is 44.0. The number of nitrogens with zero attached hydrogens (tertiary/aromatic N) is 1. The van der Waals surface area contributed by atoms with Crippen molar-refractivity contribution in [3.63, 3.8) is 0 Å². The standard InChI is InChI=1S/C51H89N11O11S2/c1-6-28(4)43(50(72)57-35(44(53)66)17-18-41(52)64)61-47(69)38(22-31-23-54-34-11-8-7-10-33(31)34)58-48(70)39-26-75-74-25-29(5)51(73)62-19-9-12-40(62)49(71)59-37(21-30-13-15-32(63)16-14-30)45(67)55-24-42(65)56-36(20-27(2)3)46(68)60-39/h7-8,10-11,13-16,23,27-29,33-43,45-46,48-51,54-60,63-65,67-68,70-73H,6,9,12,17-22,24-26,52H2,1-5H3,(H2,53,66)(H,61,69)/t28?,29-,33?,34?,35-,36-,37-,38-,39-,40-,41+,42+,43-,45+,46-,48+,49-,50+,51+/m0/s1. The maximum Gasteiger partial charge on any atom is 0.237 e. The highest BCUT2D eigenvalue weighted by Crippen LogP contribution is 2.32. The second-order valence-electron chi connectivity index (χ2n) is 21.2. The number of primary amides is 1. The van der Waals surface area contributed by atoms with Crippen LogP contribution in [0.3, 0.4) is 0 Å². The van der Waals surface area contributed by atoms with Gasteiger partial charge in [0, 0.05) is 42.5 Å². The number of nitrogens with one attached hydrogen (secondary N) is 8. The number of β-amino-alcohol motifs (C(OH)–C–C–N with tert-alkyl or cyclic N) is 1. The molecule has 1 aliphatic carbocycles. The Balaban J connectivity index is 1.42. The smallest absolute Gasteiger partial charge is 0.237 e. The van der Waals surface area contributed by atoms with E-state index in [9.17, 15) is 55.5 Å². The second-order valence-corrected chi connectivity index (χ2v) is 23.7. The first kappa shape index (κ1) is 62.9. The Morgan fingerprint density at radius 3 is 2.27 bits per heavy atom. The van der Waals surface area contributed by atoms with Crippen LogP contribution in [0.4, 0.5) is 0 Å². The van der Waals surface area contributed by atoms with Gasteiger partial charge in [0.25, 0.3) is 0 Å². The van der Waals surface area contributed by atoms with E-state index in [4.69, 9.17) is 11.5 Å². The first-order chi connectivity index (χ1) is 35.6. The molecule has 0 bridgehead atoms. The fourth-order valence-electron chi connectivity index (χ4n) is 10.1. The van der Waals surface area contributed by atoms with Crippen LogP contribution in [0, 0.1) is 23.7 Å². The van der Waals surface area contributed by atoms with Crippen molar-refractivity contribution in [3.05, 3.63) is 65.9 Å². The molecule has 22 nitrogen and oxygen atoms in total. The number of nitrogens with two attached hydrogens (primary N) is 2. The van der Waals surface area contributed by atoms with Crippen molar-refractivity contribution in [1.29, 1.82) is 0 Å². The highest BCUT2D eigenvalue weighted by atomic mass is 33.1. The number of carbonyl (C=O) groups is 2. The van der Waals surface area contributed by atoms with Crippen molar-refractivity contribution < 1.29 is 55.5 Å². The summed E-state index contributed by atoms with van der Waals surface area (Å²) in [6.45, 7) is 9.91. The van der Waals surface area contributed by atoms with Crippen molar-refractivity contribution in [1.82, 2.24) is 47.4 Å². The van der Waals surface area contributed by atoms with Crippen LogP contribution in [0.15, 0.2) is 60.3 Å². The summed E-state index contributed by atoms with van der Waals surface area (Å²) in [6, 6.07) is 0.317. The molecule has 3 aliphatic heterocycles. The molecule has 2 fully saturated rings. The van der Waals surface area contributed by atoms with Gasteiger partial charge in [-0.05, 0) is 86.3 Å². The molecular formula is C51H89N11O11S2. The number of aliphatic hydroxyl groups is 8. The number of hydrogen-bond acceptors (Lipinski definition) is 22. The summed E-state index contributed by atoms with van der Waals surface area (Å²) < 4.78 is 0. The van der Waals surface area contributed by atoms with Crippen molar-refractivity contribution in [2.75, 3.05) is 24.6 Å². The lowest BCUT2D eigenvalue weighted by atomic mass is 9.87. The van der Waals surface area contributed by atoms with Crippen LogP contribution in [-0.4, -0.2) is 185 Å². The SMILES string of the molecule is CCC(C)[C@H](NC(=O)[C@H](CC1=CNC2C=CC=CC12)N[C@H](O)[C@@H]1CSSC[C@H](C)[C@@H](O)N2CCC[C@H]2[C@H](O)N[C@@H](Cc2ccc(O)cc2)[C@@H](O)NC[C@@H](O)N[C@@H](CC(C)C)[C@H](O)N1)[C@@H](O)N[C@@H](CC[C@H](N)O)C(N)=O. The van der Waals surface area contributed by atoms with Crippen molar-refractivity contribution in [2.45, 2.75) is 184 Å². The zero-order chi connectivity index (χ0) is 54.9. The van der Waals surface area contributed by atoms with E-state index in [1.165, 1.54) is 33.7 Å². The molecule has 24 heteroatoms. The maximum atomic E-state index is 14.8. The number of carbonyl (C=O) groups excluding carboxylic acids is 2. The normalized spacial score (nSPS) is 32.4. The Bertz CT molecular complexity index is 1980. The molecule has 4 aliphatic rings. The number of rotatable bonds is 20. The third-order valence-electron chi connectivity index (χ3n) is 14.7. The summed E-state index contributed by atoms with van der Waals surface area (Å²) in [4.78, 5) is 29.1.